The van der Waals surface area contributed by atoms with Crippen LogP contribution in [0.4, 0.5) is 0 Å². The number of amides is 1. The van der Waals surface area contributed by atoms with Gasteiger partial charge in [-0.25, -0.2) is 0 Å². The highest BCUT2D eigenvalue weighted by Gasteiger charge is 2.26. The van der Waals surface area contributed by atoms with Crippen molar-refractivity contribution in [3.8, 4) is 0 Å². The van der Waals surface area contributed by atoms with Gasteiger partial charge in [0.1, 0.15) is 6.10 Å². The van der Waals surface area contributed by atoms with E-state index < -0.39 is 0 Å². The molecule has 164 valence electrons. The van der Waals surface area contributed by atoms with Crippen molar-refractivity contribution >= 4 is 11.9 Å². The van der Waals surface area contributed by atoms with Crippen molar-refractivity contribution in [3.63, 3.8) is 0 Å². The first-order valence-corrected chi connectivity index (χ1v) is 11.0. The van der Waals surface area contributed by atoms with Gasteiger partial charge >= 0.3 is 0 Å². The second-order valence-electron chi connectivity index (χ2n) is 8.40. The Balaban J connectivity index is 1.35. The first-order valence-electron chi connectivity index (χ1n) is 11.0. The van der Waals surface area contributed by atoms with E-state index in [-0.39, 0.29) is 18.6 Å². The second-order valence-corrected chi connectivity index (χ2v) is 8.40. The molecule has 1 N–H and O–H groups in total. The maximum absolute atomic E-state index is 12.8. The maximum Gasteiger partial charge on any atom is 0.242 e. The number of carbonyl (C=O) groups is 1. The summed E-state index contributed by atoms with van der Waals surface area (Å²) in [6.07, 6.45) is 0.916. The monoisotopic (exact) mass is 420 g/mol. The molecule has 1 unspecified atom stereocenters. The van der Waals surface area contributed by atoms with Crippen LogP contribution in [0.3, 0.4) is 0 Å². The van der Waals surface area contributed by atoms with Gasteiger partial charge in [-0.05, 0) is 42.5 Å². The number of fused-ring (bicyclic) bond motifs is 1. The van der Waals surface area contributed by atoms with E-state index in [1.54, 1.807) is 7.05 Å². The maximum atomic E-state index is 12.8. The van der Waals surface area contributed by atoms with E-state index in [1.165, 1.54) is 27.8 Å². The summed E-state index contributed by atoms with van der Waals surface area (Å²) in [5.41, 5.74) is 6.31. The summed E-state index contributed by atoms with van der Waals surface area (Å²) in [4.78, 5) is 21.4. The van der Waals surface area contributed by atoms with Crippen molar-refractivity contribution in [2.75, 3.05) is 39.8 Å². The Morgan fingerprint density at radius 3 is 2.71 bits per heavy atom. The highest BCUT2D eigenvalue weighted by atomic mass is 16.5. The fourth-order valence-electron chi connectivity index (χ4n) is 4.52. The normalized spacial score (nSPS) is 19.2. The number of ether oxygens (including phenoxy) is 1. The molecule has 6 nitrogen and oxygen atoms in total. The van der Waals surface area contributed by atoms with Crippen LogP contribution in [-0.2, 0) is 22.5 Å². The Morgan fingerprint density at radius 2 is 1.94 bits per heavy atom. The van der Waals surface area contributed by atoms with Gasteiger partial charge in [-0.2, -0.15) is 0 Å². The summed E-state index contributed by atoms with van der Waals surface area (Å²) in [5.74, 6) is 0.860. The van der Waals surface area contributed by atoms with Crippen molar-refractivity contribution in [3.05, 3.63) is 70.3 Å². The molecule has 31 heavy (non-hydrogen) atoms. The van der Waals surface area contributed by atoms with Crippen LogP contribution in [0.25, 0.3) is 0 Å². The van der Waals surface area contributed by atoms with Crippen molar-refractivity contribution in [2.45, 2.75) is 32.9 Å². The van der Waals surface area contributed by atoms with Crippen LogP contribution in [0.1, 0.15) is 33.9 Å². The summed E-state index contributed by atoms with van der Waals surface area (Å²) >= 11 is 0. The van der Waals surface area contributed by atoms with Crippen LogP contribution in [0.2, 0.25) is 0 Å². The minimum atomic E-state index is 0.00203. The molecule has 2 aliphatic rings. The van der Waals surface area contributed by atoms with Gasteiger partial charge in [0.25, 0.3) is 0 Å². The molecule has 2 aromatic carbocycles. The van der Waals surface area contributed by atoms with E-state index in [4.69, 9.17) is 4.74 Å². The first kappa shape index (κ1) is 21.4. The summed E-state index contributed by atoms with van der Waals surface area (Å²) in [7, 11) is 1.77. The predicted molar refractivity (Wildman–Crippen MR) is 123 cm³/mol. The van der Waals surface area contributed by atoms with E-state index in [2.05, 4.69) is 65.5 Å². The van der Waals surface area contributed by atoms with Gasteiger partial charge in [-0.1, -0.05) is 48.0 Å². The lowest BCUT2D eigenvalue weighted by atomic mass is 10.00. The predicted octanol–water partition coefficient (Wildman–Crippen LogP) is 2.84. The Morgan fingerprint density at radius 1 is 1.13 bits per heavy atom. The number of carbonyl (C=O) groups excluding carboxylic acids is 1. The van der Waals surface area contributed by atoms with E-state index in [0.29, 0.717) is 13.2 Å². The number of aliphatic imine (C=N–C) groups is 1. The third-order valence-electron chi connectivity index (χ3n) is 6.23. The SMILES string of the molecule is CN=C(NCC(=O)N1CCc2ccccc2C1)N1CCOC(c2ccc(C)cc2C)C1. The smallest absolute Gasteiger partial charge is 0.242 e. The Labute approximate surface area is 184 Å². The zero-order chi connectivity index (χ0) is 21.8. The average molecular weight is 421 g/mol. The van der Waals surface area contributed by atoms with Crippen LogP contribution in [0.5, 0.6) is 0 Å². The highest BCUT2D eigenvalue weighted by Crippen LogP contribution is 2.26. The molecular formula is C25H32N4O2. The minimum Gasteiger partial charge on any atom is -0.370 e. The number of nitrogens with zero attached hydrogens (tertiary/aromatic N) is 3. The Bertz CT molecular complexity index is 972. The fraction of sp³-hybridized carbons (Fsp3) is 0.440. The molecule has 0 radical (unpaired) electrons. The average Bonchev–Trinajstić information content (AvgIpc) is 2.79. The summed E-state index contributed by atoms with van der Waals surface area (Å²) in [6, 6.07) is 14.9. The third kappa shape index (κ3) is 4.90. The molecule has 4 rings (SSSR count). The Kier molecular flexibility index (Phi) is 6.56. The van der Waals surface area contributed by atoms with Crippen LogP contribution in [0.15, 0.2) is 47.5 Å². The van der Waals surface area contributed by atoms with E-state index in [9.17, 15) is 4.79 Å². The zero-order valence-electron chi connectivity index (χ0n) is 18.7. The van der Waals surface area contributed by atoms with Crippen LogP contribution < -0.4 is 5.32 Å². The van der Waals surface area contributed by atoms with Crippen molar-refractivity contribution < 1.29 is 9.53 Å². The summed E-state index contributed by atoms with van der Waals surface area (Å²) < 4.78 is 6.06. The number of rotatable bonds is 3. The number of benzene rings is 2. The van der Waals surface area contributed by atoms with Crippen LogP contribution in [-0.4, -0.2) is 61.5 Å². The Hall–Kier alpha value is -2.86. The molecule has 0 aliphatic carbocycles. The lowest BCUT2D eigenvalue weighted by Gasteiger charge is -2.36. The molecule has 0 saturated carbocycles. The molecule has 1 amide bonds. The number of aryl methyl sites for hydroxylation is 2. The van der Waals surface area contributed by atoms with Crippen LogP contribution >= 0.6 is 0 Å². The summed E-state index contributed by atoms with van der Waals surface area (Å²) in [6.45, 7) is 8.04. The number of hydrogen-bond donors (Lipinski definition) is 1. The molecule has 1 fully saturated rings. The van der Waals surface area contributed by atoms with Gasteiger partial charge in [-0.3, -0.25) is 9.79 Å². The molecular weight excluding hydrogens is 388 g/mol. The molecule has 2 aliphatic heterocycles. The number of hydrogen-bond acceptors (Lipinski definition) is 3. The van der Waals surface area contributed by atoms with E-state index in [0.717, 1.165) is 32.0 Å². The van der Waals surface area contributed by atoms with E-state index >= 15 is 0 Å². The van der Waals surface area contributed by atoms with Gasteiger partial charge in [0.2, 0.25) is 5.91 Å². The molecule has 1 saturated heterocycles. The van der Waals surface area contributed by atoms with E-state index in [1.807, 2.05) is 11.0 Å². The molecule has 0 bridgehead atoms. The number of nitrogens with one attached hydrogen (secondary N) is 1. The third-order valence-corrected chi connectivity index (χ3v) is 6.23. The number of guanidine groups is 1. The van der Waals surface area contributed by atoms with Crippen molar-refractivity contribution in [1.29, 1.82) is 0 Å². The second kappa shape index (κ2) is 9.52. The highest BCUT2D eigenvalue weighted by molar-refractivity contribution is 5.86. The van der Waals surface area contributed by atoms with Crippen LogP contribution in [0, 0.1) is 13.8 Å². The molecule has 6 heteroatoms. The van der Waals surface area contributed by atoms with Crippen molar-refractivity contribution in [1.82, 2.24) is 15.1 Å². The topological polar surface area (TPSA) is 57.2 Å². The minimum absolute atomic E-state index is 0.00203. The van der Waals surface area contributed by atoms with Gasteiger partial charge in [0.15, 0.2) is 5.96 Å². The first-order chi connectivity index (χ1) is 15.0. The molecule has 1 atom stereocenters. The quantitative estimate of drug-likeness (QED) is 0.613. The molecule has 0 aromatic heterocycles. The van der Waals surface area contributed by atoms with Gasteiger partial charge in [-0.15, -0.1) is 0 Å². The standard InChI is InChI=1S/C25H32N4O2/c1-18-8-9-22(19(2)14-18)23-17-29(12-13-31-23)25(26-3)27-15-24(30)28-11-10-20-6-4-5-7-21(20)16-28/h4-9,14,23H,10-13,15-17H2,1-3H3,(H,26,27). The van der Waals surface area contributed by atoms with Crippen molar-refractivity contribution in [2.24, 2.45) is 4.99 Å². The zero-order valence-corrected chi connectivity index (χ0v) is 18.7. The fourth-order valence-corrected chi connectivity index (χ4v) is 4.52. The molecule has 2 heterocycles. The molecule has 0 spiro atoms. The van der Waals surface area contributed by atoms with Gasteiger partial charge < -0.3 is 19.9 Å². The summed E-state index contributed by atoms with van der Waals surface area (Å²) in [5, 5.41) is 3.29. The lowest BCUT2D eigenvalue weighted by Crippen LogP contribution is -2.51. The van der Waals surface area contributed by atoms with Gasteiger partial charge in [0, 0.05) is 26.7 Å². The van der Waals surface area contributed by atoms with Gasteiger partial charge in [0.05, 0.1) is 19.7 Å². The largest absolute Gasteiger partial charge is 0.370 e. The number of morpholine rings is 1. The molecule has 2 aromatic rings. The lowest BCUT2D eigenvalue weighted by molar-refractivity contribution is -0.130.